The number of aromatic nitrogens is 8. The van der Waals surface area contributed by atoms with E-state index in [1.165, 1.54) is 17.9 Å². The molecule has 1 aromatic carbocycles. The zero-order chi connectivity index (χ0) is 28.7. The topological polar surface area (TPSA) is 106 Å². The van der Waals surface area contributed by atoms with Crippen LogP contribution in [0.4, 0.5) is 13.2 Å². The number of rotatable bonds is 9. The molecular formula is C27H25F3N8O2S. The van der Waals surface area contributed by atoms with Crippen molar-refractivity contribution in [1.29, 1.82) is 0 Å². The molecule has 0 radical (unpaired) electrons. The highest BCUT2D eigenvalue weighted by molar-refractivity contribution is 7.97. The van der Waals surface area contributed by atoms with Crippen LogP contribution in [0.3, 0.4) is 0 Å². The minimum atomic E-state index is -4.51. The molecule has 0 aliphatic heterocycles. The van der Waals surface area contributed by atoms with Crippen molar-refractivity contribution >= 4 is 22.9 Å². The maximum absolute atomic E-state index is 13.1. The van der Waals surface area contributed by atoms with Crippen molar-refractivity contribution in [2.24, 2.45) is 7.05 Å². The first-order valence-electron chi connectivity index (χ1n) is 12.7. The molecule has 0 atom stereocenters. The number of hydrogen-bond acceptors (Lipinski definition) is 9. The highest BCUT2D eigenvalue weighted by Gasteiger charge is 2.35. The summed E-state index contributed by atoms with van der Waals surface area (Å²) in [6.07, 6.45) is 3.67. The molecule has 212 valence electrons. The van der Waals surface area contributed by atoms with Crippen LogP contribution in [0.2, 0.25) is 0 Å². The largest absolute Gasteiger partial charge is 0.480 e. The number of methoxy groups -OCH3 is 1. The van der Waals surface area contributed by atoms with E-state index in [2.05, 4.69) is 19.9 Å². The third-order valence-electron chi connectivity index (χ3n) is 6.69. The fourth-order valence-corrected chi connectivity index (χ4v) is 5.06. The molecule has 14 heteroatoms. The highest BCUT2D eigenvalue weighted by atomic mass is 32.2. The Balaban J connectivity index is 1.33. The van der Waals surface area contributed by atoms with Gasteiger partial charge in [-0.2, -0.15) is 18.2 Å². The Morgan fingerprint density at radius 1 is 1.02 bits per heavy atom. The number of hydrogen-bond donors (Lipinski definition) is 0. The minimum absolute atomic E-state index is 0.155. The lowest BCUT2D eigenvalue weighted by Crippen LogP contribution is -2.06. The number of benzene rings is 1. The summed E-state index contributed by atoms with van der Waals surface area (Å²) in [4.78, 5) is 26.6. The third kappa shape index (κ3) is 5.31. The SMILES string of the molecule is COc1ncnc(C2CC2)c1-c1nc(OCc2ccc(-c3nc(C(F)(F)F)cn3C)cc2)c2c(ncn2CSC)n1. The van der Waals surface area contributed by atoms with E-state index in [4.69, 9.17) is 19.4 Å². The number of thioether (sulfide) groups is 1. The summed E-state index contributed by atoms with van der Waals surface area (Å²) in [5.41, 5.74) is 3.00. The van der Waals surface area contributed by atoms with Crippen LogP contribution in [-0.4, -0.2) is 52.4 Å². The van der Waals surface area contributed by atoms with E-state index in [0.717, 1.165) is 30.3 Å². The van der Waals surface area contributed by atoms with E-state index < -0.39 is 11.9 Å². The van der Waals surface area contributed by atoms with Crippen LogP contribution in [0.15, 0.2) is 43.1 Å². The number of aryl methyl sites for hydroxylation is 1. The zero-order valence-electron chi connectivity index (χ0n) is 22.4. The molecule has 0 spiro atoms. The van der Waals surface area contributed by atoms with E-state index in [-0.39, 0.29) is 12.4 Å². The molecule has 4 aromatic heterocycles. The van der Waals surface area contributed by atoms with Gasteiger partial charge in [-0.15, -0.1) is 11.8 Å². The molecule has 10 nitrogen and oxygen atoms in total. The quantitative estimate of drug-likeness (QED) is 0.223. The summed E-state index contributed by atoms with van der Waals surface area (Å²) in [7, 11) is 3.08. The zero-order valence-corrected chi connectivity index (χ0v) is 23.2. The van der Waals surface area contributed by atoms with Crippen LogP contribution in [0.25, 0.3) is 33.9 Å². The van der Waals surface area contributed by atoms with Crippen LogP contribution in [0.5, 0.6) is 11.8 Å². The van der Waals surface area contributed by atoms with Gasteiger partial charge in [0.05, 0.1) is 25.0 Å². The van der Waals surface area contributed by atoms with E-state index >= 15 is 0 Å². The first-order valence-corrected chi connectivity index (χ1v) is 14.1. The van der Waals surface area contributed by atoms with Crippen LogP contribution in [-0.2, 0) is 25.7 Å². The highest BCUT2D eigenvalue weighted by Crippen LogP contribution is 2.45. The number of alkyl halides is 3. The van der Waals surface area contributed by atoms with Gasteiger partial charge in [0, 0.05) is 24.7 Å². The van der Waals surface area contributed by atoms with Crippen molar-refractivity contribution in [3.05, 3.63) is 60.1 Å². The molecule has 1 aliphatic rings. The van der Waals surface area contributed by atoms with Crippen LogP contribution >= 0.6 is 11.8 Å². The number of fused-ring (bicyclic) bond motifs is 1. The van der Waals surface area contributed by atoms with Crippen LogP contribution in [0.1, 0.15) is 35.7 Å². The fraction of sp³-hybridized carbons (Fsp3) is 0.333. The van der Waals surface area contributed by atoms with Gasteiger partial charge in [-0.3, -0.25) is 0 Å². The van der Waals surface area contributed by atoms with Gasteiger partial charge >= 0.3 is 6.18 Å². The Labute approximate surface area is 237 Å². The molecule has 6 rings (SSSR count). The third-order valence-corrected chi connectivity index (χ3v) is 7.22. The van der Waals surface area contributed by atoms with Crippen molar-refractivity contribution in [1.82, 2.24) is 39.0 Å². The Kier molecular flexibility index (Phi) is 7.01. The lowest BCUT2D eigenvalue weighted by Gasteiger charge is -2.13. The molecule has 0 N–H and O–H groups in total. The van der Waals surface area contributed by atoms with Gasteiger partial charge < -0.3 is 18.6 Å². The molecule has 4 heterocycles. The molecule has 0 bridgehead atoms. The summed E-state index contributed by atoms with van der Waals surface area (Å²) in [5, 5.41) is 0. The predicted molar refractivity (Wildman–Crippen MR) is 146 cm³/mol. The van der Waals surface area contributed by atoms with E-state index in [0.29, 0.717) is 51.7 Å². The number of nitrogens with zero attached hydrogens (tertiary/aromatic N) is 8. The summed E-state index contributed by atoms with van der Waals surface area (Å²) >= 11 is 1.62. The summed E-state index contributed by atoms with van der Waals surface area (Å²) in [5.74, 6) is 2.23. The molecule has 1 fully saturated rings. The molecule has 0 unspecified atom stereocenters. The van der Waals surface area contributed by atoms with E-state index in [1.54, 1.807) is 49.5 Å². The van der Waals surface area contributed by atoms with Crippen molar-refractivity contribution in [3.8, 4) is 34.5 Å². The van der Waals surface area contributed by atoms with Gasteiger partial charge in [-0.05, 0) is 24.7 Å². The van der Waals surface area contributed by atoms with Gasteiger partial charge in [-0.25, -0.2) is 24.9 Å². The molecule has 5 aromatic rings. The Morgan fingerprint density at radius 2 is 1.80 bits per heavy atom. The molecular weight excluding hydrogens is 557 g/mol. The average molecular weight is 583 g/mol. The van der Waals surface area contributed by atoms with Gasteiger partial charge in [0.2, 0.25) is 11.8 Å². The Morgan fingerprint density at radius 3 is 2.46 bits per heavy atom. The lowest BCUT2D eigenvalue weighted by molar-refractivity contribution is -0.140. The molecule has 0 saturated heterocycles. The van der Waals surface area contributed by atoms with Gasteiger partial charge in [0.1, 0.15) is 24.3 Å². The minimum Gasteiger partial charge on any atom is -0.480 e. The first-order chi connectivity index (χ1) is 19.8. The molecule has 1 saturated carbocycles. The Bertz CT molecular complexity index is 1710. The smallest absolute Gasteiger partial charge is 0.434 e. The molecule has 41 heavy (non-hydrogen) atoms. The van der Waals surface area contributed by atoms with Crippen molar-refractivity contribution in [3.63, 3.8) is 0 Å². The van der Waals surface area contributed by atoms with E-state index in [9.17, 15) is 13.2 Å². The van der Waals surface area contributed by atoms with Crippen molar-refractivity contribution in [2.75, 3.05) is 13.4 Å². The van der Waals surface area contributed by atoms with E-state index in [1.807, 2.05) is 10.8 Å². The van der Waals surface area contributed by atoms with Crippen LogP contribution in [0, 0.1) is 0 Å². The number of halogens is 3. The molecule has 0 amide bonds. The predicted octanol–water partition coefficient (Wildman–Crippen LogP) is 5.49. The monoisotopic (exact) mass is 582 g/mol. The normalized spacial score (nSPS) is 13.6. The maximum Gasteiger partial charge on any atom is 0.434 e. The number of ether oxygens (including phenoxy) is 2. The average Bonchev–Trinajstić information content (AvgIpc) is 3.62. The van der Waals surface area contributed by atoms with Gasteiger partial charge in [0.15, 0.2) is 22.7 Å². The van der Waals surface area contributed by atoms with Crippen molar-refractivity contribution in [2.45, 2.75) is 37.4 Å². The maximum atomic E-state index is 13.1. The summed E-state index contributed by atoms with van der Waals surface area (Å²) in [6.45, 7) is 0.155. The molecule has 1 aliphatic carbocycles. The second-order valence-electron chi connectivity index (χ2n) is 9.62. The van der Waals surface area contributed by atoms with Gasteiger partial charge in [0.25, 0.3) is 0 Å². The fourth-order valence-electron chi connectivity index (χ4n) is 4.58. The van der Waals surface area contributed by atoms with Gasteiger partial charge in [-0.1, -0.05) is 24.3 Å². The van der Waals surface area contributed by atoms with Crippen LogP contribution < -0.4 is 9.47 Å². The second-order valence-corrected chi connectivity index (χ2v) is 10.5. The van der Waals surface area contributed by atoms with Crippen molar-refractivity contribution < 1.29 is 22.6 Å². The lowest BCUT2D eigenvalue weighted by atomic mass is 10.1. The number of imidazole rings is 2. The summed E-state index contributed by atoms with van der Waals surface area (Å²) in [6, 6.07) is 7.01. The Hall–Kier alpha value is -4.20. The first kappa shape index (κ1) is 27.0. The standard InChI is InChI=1S/C27H25F3N8O2S/c1-37-10-18(27(28,29)30)34-24(37)17-6-4-15(5-7-17)11-40-26-21-23(33-13-38(21)14-41-3)35-22(36-26)19-20(16-8-9-16)31-12-32-25(19)39-2/h4-7,10,12-13,16H,8-9,11,14H2,1-3H3. The second kappa shape index (κ2) is 10.7. The summed E-state index contributed by atoms with van der Waals surface area (Å²) < 4.78 is 54.4.